The third kappa shape index (κ3) is 5.96. The predicted octanol–water partition coefficient (Wildman–Crippen LogP) is 4.14. The minimum atomic E-state index is -4.94. The van der Waals surface area contributed by atoms with Gasteiger partial charge in [-0.3, -0.25) is 18.9 Å². The monoisotopic (exact) mass is 577 g/mol. The molecule has 2 unspecified atom stereocenters. The number of fused-ring (bicyclic) bond motifs is 1. The molecular weight excluding hydrogens is 554 g/mol. The zero-order valence-electron chi connectivity index (χ0n) is 21.4. The highest BCUT2D eigenvalue weighted by Crippen LogP contribution is 2.36. The van der Waals surface area contributed by atoms with Gasteiger partial charge in [-0.25, -0.2) is 18.6 Å². The fourth-order valence-corrected chi connectivity index (χ4v) is 5.00. The minimum Gasteiger partial charge on any atom is -0.480 e. The van der Waals surface area contributed by atoms with Gasteiger partial charge in [0.1, 0.15) is 11.5 Å². The Kier molecular flexibility index (Phi) is 8.18. The maximum atomic E-state index is 13.5. The number of benzene rings is 2. The molecule has 210 valence electrons. The number of hydrogen-bond donors (Lipinski definition) is 2. The highest BCUT2D eigenvalue weighted by molar-refractivity contribution is 7.86. The molecule has 4 rings (SSSR count). The Morgan fingerprint density at radius 1 is 1.12 bits per heavy atom. The molecule has 1 amide bonds. The van der Waals surface area contributed by atoms with E-state index < -0.39 is 39.4 Å². The second-order valence-electron chi connectivity index (χ2n) is 8.74. The van der Waals surface area contributed by atoms with Crippen LogP contribution in [0, 0.1) is 11.7 Å². The van der Waals surface area contributed by atoms with E-state index in [1.807, 2.05) is 0 Å². The van der Waals surface area contributed by atoms with E-state index >= 15 is 0 Å². The quantitative estimate of drug-likeness (QED) is 0.304. The summed E-state index contributed by atoms with van der Waals surface area (Å²) in [5.41, 5.74) is -0.422. The Morgan fingerprint density at radius 3 is 2.55 bits per heavy atom. The molecule has 0 saturated heterocycles. The van der Waals surface area contributed by atoms with Gasteiger partial charge in [0.15, 0.2) is 11.0 Å². The number of ether oxygens (including phenoxy) is 1. The average Bonchev–Trinajstić information content (AvgIpc) is 2.93. The van der Waals surface area contributed by atoms with Crippen molar-refractivity contribution in [3.05, 3.63) is 76.7 Å². The lowest BCUT2D eigenvalue weighted by molar-refractivity contribution is -0.140. The number of carbonyl (C=O) groups is 1. The summed E-state index contributed by atoms with van der Waals surface area (Å²) in [5.74, 6) is -1.89. The van der Waals surface area contributed by atoms with E-state index in [0.717, 1.165) is 12.1 Å². The van der Waals surface area contributed by atoms with Gasteiger partial charge in [0.2, 0.25) is 11.8 Å². The molecule has 40 heavy (non-hydrogen) atoms. The summed E-state index contributed by atoms with van der Waals surface area (Å²) in [6.07, 6.45) is -2.17. The summed E-state index contributed by atoms with van der Waals surface area (Å²) in [6, 6.07) is 8.13. The molecule has 14 heteroatoms. The number of pyridine rings is 1. The van der Waals surface area contributed by atoms with E-state index in [4.69, 9.17) is 4.74 Å². The van der Waals surface area contributed by atoms with Crippen LogP contribution in [0.5, 0.6) is 5.88 Å². The molecule has 2 aromatic carbocycles. The Bertz CT molecular complexity index is 1680. The number of nitrogens with zero attached hydrogens (tertiary/aromatic N) is 3. The van der Waals surface area contributed by atoms with Gasteiger partial charge in [0.05, 0.1) is 40.7 Å². The molecule has 0 aliphatic rings. The van der Waals surface area contributed by atoms with E-state index in [0.29, 0.717) is 16.6 Å². The van der Waals surface area contributed by atoms with Gasteiger partial charge in [-0.2, -0.15) is 13.2 Å². The summed E-state index contributed by atoms with van der Waals surface area (Å²) in [5, 5.41) is 2.79. The number of rotatable bonds is 8. The molecule has 0 aliphatic carbocycles. The van der Waals surface area contributed by atoms with Crippen LogP contribution < -0.4 is 20.3 Å². The number of amides is 1. The van der Waals surface area contributed by atoms with Crippen molar-refractivity contribution in [3.8, 4) is 17.0 Å². The van der Waals surface area contributed by atoms with Crippen molar-refractivity contribution in [1.29, 1.82) is 0 Å². The number of anilines is 1. The number of halogens is 4. The van der Waals surface area contributed by atoms with Crippen LogP contribution in [0.15, 0.2) is 64.7 Å². The summed E-state index contributed by atoms with van der Waals surface area (Å²) in [4.78, 5) is 32.8. The van der Waals surface area contributed by atoms with Crippen molar-refractivity contribution in [1.82, 2.24) is 19.9 Å². The molecule has 2 atom stereocenters. The molecule has 0 radical (unpaired) electrons. The zero-order valence-corrected chi connectivity index (χ0v) is 22.2. The zero-order chi connectivity index (χ0) is 29.2. The fourth-order valence-electron chi connectivity index (χ4n) is 3.98. The first-order chi connectivity index (χ1) is 18.9. The molecule has 2 aromatic heterocycles. The maximum absolute atomic E-state index is 13.5. The van der Waals surface area contributed by atoms with E-state index in [1.54, 1.807) is 25.1 Å². The number of alkyl halides is 3. The van der Waals surface area contributed by atoms with Crippen LogP contribution in [0.25, 0.3) is 22.0 Å². The normalized spacial score (nSPS) is 13.1. The lowest BCUT2D eigenvalue weighted by Crippen LogP contribution is -2.32. The van der Waals surface area contributed by atoms with Crippen LogP contribution in [0.1, 0.15) is 12.5 Å². The van der Waals surface area contributed by atoms with Gasteiger partial charge in [0, 0.05) is 25.4 Å². The standard InChI is InChI=1S/C26H23F4N5O4S/c1-14(23(36)31-2)12-35-13-33-20-6-4-15(8-18(20)25(35)37)16-9-21(24(39-3)32-11-16)34-40(38)22-7-5-17(27)10-19(22)26(28,29)30/h4-11,13-14,34H,12H2,1-3H3,(H,31,36). The molecule has 0 spiro atoms. The first kappa shape index (κ1) is 28.7. The third-order valence-electron chi connectivity index (χ3n) is 6.02. The second kappa shape index (κ2) is 11.4. The lowest BCUT2D eigenvalue weighted by Gasteiger charge is -2.15. The molecule has 0 bridgehead atoms. The van der Waals surface area contributed by atoms with Crippen LogP contribution in [0.3, 0.4) is 0 Å². The lowest BCUT2D eigenvalue weighted by atomic mass is 10.0. The molecule has 9 nitrogen and oxygen atoms in total. The molecule has 2 heterocycles. The Labute approximate surface area is 227 Å². The largest absolute Gasteiger partial charge is 0.480 e. The van der Waals surface area contributed by atoms with Crippen LogP contribution in [-0.4, -0.2) is 38.8 Å². The number of hydrogen-bond acceptors (Lipinski definition) is 6. The van der Waals surface area contributed by atoms with Crippen molar-refractivity contribution < 1.29 is 31.3 Å². The highest BCUT2D eigenvalue weighted by atomic mass is 32.2. The van der Waals surface area contributed by atoms with Gasteiger partial charge in [0.25, 0.3) is 5.56 Å². The topological polar surface area (TPSA) is 115 Å². The van der Waals surface area contributed by atoms with Crippen LogP contribution in [-0.2, 0) is 28.5 Å². The molecule has 2 N–H and O–H groups in total. The molecule has 0 saturated carbocycles. The van der Waals surface area contributed by atoms with Gasteiger partial charge in [-0.05, 0) is 42.0 Å². The predicted molar refractivity (Wildman–Crippen MR) is 140 cm³/mol. The number of methoxy groups -OCH3 is 1. The molecule has 4 aromatic rings. The van der Waals surface area contributed by atoms with Gasteiger partial charge in [-0.1, -0.05) is 13.0 Å². The van der Waals surface area contributed by atoms with Crippen molar-refractivity contribution in [2.75, 3.05) is 18.9 Å². The van der Waals surface area contributed by atoms with Crippen molar-refractivity contribution in [2.45, 2.75) is 24.5 Å². The SMILES string of the molecule is CNC(=O)C(C)Cn1cnc2ccc(-c3cnc(OC)c(NS(=O)c4ccc(F)cc4C(F)(F)F)c3)cc2c1=O. The number of aromatic nitrogens is 3. The summed E-state index contributed by atoms with van der Waals surface area (Å²) >= 11 is 0. The van der Waals surface area contributed by atoms with Gasteiger partial charge >= 0.3 is 6.18 Å². The third-order valence-corrected chi connectivity index (χ3v) is 7.18. The Balaban J connectivity index is 1.71. The highest BCUT2D eigenvalue weighted by Gasteiger charge is 2.35. The summed E-state index contributed by atoms with van der Waals surface area (Å²) < 4.78 is 75.8. The van der Waals surface area contributed by atoms with E-state index in [2.05, 4.69) is 20.0 Å². The number of nitrogens with one attached hydrogen (secondary N) is 2. The average molecular weight is 578 g/mol. The second-order valence-corrected chi connectivity index (χ2v) is 9.92. The van der Waals surface area contributed by atoms with E-state index in [9.17, 15) is 31.4 Å². The first-order valence-corrected chi connectivity index (χ1v) is 12.9. The van der Waals surface area contributed by atoms with Crippen molar-refractivity contribution in [2.24, 2.45) is 5.92 Å². The summed E-state index contributed by atoms with van der Waals surface area (Å²) in [7, 11) is 0.310. The van der Waals surface area contributed by atoms with Crippen LogP contribution in [0.4, 0.5) is 23.2 Å². The number of carbonyl (C=O) groups excluding carboxylic acids is 1. The Hall–Kier alpha value is -4.33. The summed E-state index contributed by atoms with van der Waals surface area (Å²) in [6.45, 7) is 1.79. The molecular formula is C26H23F4N5O4S. The van der Waals surface area contributed by atoms with E-state index in [-0.39, 0.29) is 41.0 Å². The molecule has 0 aliphatic heterocycles. The van der Waals surface area contributed by atoms with E-state index in [1.165, 1.54) is 37.3 Å². The van der Waals surface area contributed by atoms with Crippen molar-refractivity contribution in [3.63, 3.8) is 0 Å². The van der Waals surface area contributed by atoms with Gasteiger partial charge < -0.3 is 10.1 Å². The Morgan fingerprint density at radius 2 is 1.88 bits per heavy atom. The fraction of sp³-hybridized carbons (Fsp3) is 0.231. The minimum absolute atomic E-state index is 0.00104. The maximum Gasteiger partial charge on any atom is 0.417 e. The van der Waals surface area contributed by atoms with Crippen molar-refractivity contribution >= 4 is 33.5 Å². The first-order valence-electron chi connectivity index (χ1n) is 11.7. The van der Waals surface area contributed by atoms with Crippen LogP contribution in [0.2, 0.25) is 0 Å². The molecule has 0 fully saturated rings. The smallest absolute Gasteiger partial charge is 0.417 e. The van der Waals surface area contributed by atoms with Gasteiger partial charge in [-0.15, -0.1) is 0 Å². The van der Waals surface area contributed by atoms with Crippen LogP contribution >= 0.6 is 0 Å².